The Balaban J connectivity index is 1.56. The fourth-order valence-corrected chi connectivity index (χ4v) is 3.49. The molecule has 0 aliphatic heterocycles. The number of halogens is 2. The van der Waals surface area contributed by atoms with Crippen molar-refractivity contribution in [3.63, 3.8) is 0 Å². The zero-order chi connectivity index (χ0) is 21.6. The molecule has 0 amide bonds. The number of pyridine rings is 1. The smallest absolute Gasteiger partial charge is 0.223 e. The van der Waals surface area contributed by atoms with Gasteiger partial charge in [0, 0.05) is 41.9 Å². The molecule has 0 radical (unpaired) electrons. The van der Waals surface area contributed by atoms with Gasteiger partial charge in [0.15, 0.2) is 0 Å². The molecule has 3 N–H and O–H groups in total. The summed E-state index contributed by atoms with van der Waals surface area (Å²) in [6, 6.07) is 16.2. The summed E-state index contributed by atoms with van der Waals surface area (Å²) < 4.78 is 13.6. The monoisotopic (exact) mass is 433 g/mol. The molecule has 0 fully saturated rings. The Morgan fingerprint density at radius 3 is 2.58 bits per heavy atom. The van der Waals surface area contributed by atoms with Crippen LogP contribution in [0.2, 0.25) is 5.02 Å². The molecule has 0 spiro atoms. The Morgan fingerprint density at radius 2 is 1.81 bits per heavy atom. The van der Waals surface area contributed by atoms with Crippen molar-refractivity contribution >= 4 is 23.2 Å². The fourth-order valence-electron chi connectivity index (χ4n) is 3.31. The highest BCUT2D eigenvalue weighted by molar-refractivity contribution is 6.31. The number of anilines is 2. The van der Waals surface area contributed by atoms with Gasteiger partial charge in [-0.05, 0) is 54.3 Å². The van der Waals surface area contributed by atoms with Crippen molar-refractivity contribution in [2.45, 2.75) is 12.8 Å². The number of hydrogen-bond acceptors (Lipinski definition) is 5. The molecule has 4 aromatic rings. The molecule has 5 nitrogen and oxygen atoms in total. The molecular formula is C24H21ClFN5. The van der Waals surface area contributed by atoms with Crippen molar-refractivity contribution in [2.24, 2.45) is 0 Å². The van der Waals surface area contributed by atoms with E-state index in [0.717, 1.165) is 46.5 Å². The summed E-state index contributed by atoms with van der Waals surface area (Å²) >= 11 is 5.99. The molecule has 2 aromatic heterocycles. The van der Waals surface area contributed by atoms with Gasteiger partial charge in [0.1, 0.15) is 5.82 Å². The molecule has 0 aliphatic carbocycles. The van der Waals surface area contributed by atoms with E-state index in [0.29, 0.717) is 12.5 Å². The second kappa shape index (κ2) is 9.53. The van der Waals surface area contributed by atoms with Gasteiger partial charge in [-0.25, -0.2) is 14.4 Å². The predicted octanol–water partition coefficient (Wildman–Crippen LogP) is 5.63. The first-order chi connectivity index (χ1) is 15.1. The first kappa shape index (κ1) is 20.8. The van der Waals surface area contributed by atoms with Gasteiger partial charge in [0.25, 0.3) is 0 Å². The van der Waals surface area contributed by atoms with E-state index in [1.54, 1.807) is 30.7 Å². The van der Waals surface area contributed by atoms with Crippen LogP contribution in [0.15, 0.2) is 73.2 Å². The van der Waals surface area contributed by atoms with Gasteiger partial charge in [0.2, 0.25) is 5.95 Å². The van der Waals surface area contributed by atoms with Crippen molar-refractivity contribution in [1.29, 1.82) is 0 Å². The van der Waals surface area contributed by atoms with Gasteiger partial charge < -0.3 is 11.1 Å². The van der Waals surface area contributed by atoms with Gasteiger partial charge in [-0.15, -0.1) is 0 Å². The molecule has 4 rings (SSSR count). The third-order valence-corrected chi connectivity index (χ3v) is 5.22. The second-order valence-corrected chi connectivity index (χ2v) is 7.46. The van der Waals surface area contributed by atoms with Gasteiger partial charge in [-0.3, -0.25) is 4.98 Å². The molecule has 7 heteroatoms. The van der Waals surface area contributed by atoms with Crippen molar-refractivity contribution in [1.82, 2.24) is 15.0 Å². The van der Waals surface area contributed by atoms with Crippen LogP contribution in [-0.2, 0) is 6.42 Å². The van der Waals surface area contributed by atoms with Crippen molar-refractivity contribution in [3.8, 4) is 22.4 Å². The minimum Gasteiger partial charge on any atom is -0.399 e. The molecule has 0 atom stereocenters. The number of nitrogens with one attached hydrogen (secondary N) is 1. The summed E-state index contributed by atoms with van der Waals surface area (Å²) in [5.74, 6) is 0.0546. The summed E-state index contributed by atoms with van der Waals surface area (Å²) in [7, 11) is 0. The molecule has 0 unspecified atom stereocenters. The molecule has 0 saturated carbocycles. The Morgan fingerprint density at radius 1 is 1.00 bits per heavy atom. The average molecular weight is 434 g/mol. The maximum Gasteiger partial charge on any atom is 0.223 e. The van der Waals surface area contributed by atoms with Gasteiger partial charge >= 0.3 is 0 Å². The average Bonchev–Trinajstić information content (AvgIpc) is 2.80. The van der Waals surface area contributed by atoms with E-state index in [2.05, 4.69) is 15.3 Å². The largest absolute Gasteiger partial charge is 0.399 e. The van der Waals surface area contributed by atoms with Crippen LogP contribution in [0.4, 0.5) is 16.0 Å². The number of para-hydroxylation sites is 1. The van der Waals surface area contributed by atoms with Crippen molar-refractivity contribution < 1.29 is 4.39 Å². The van der Waals surface area contributed by atoms with Crippen LogP contribution < -0.4 is 11.1 Å². The number of aryl methyl sites for hydroxylation is 1. The highest BCUT2D eigenvalue weighted by atomic mass is 35.5. The number of nitrogen functional groups attached to an aromatic ring is 1. The SMILES string of the molecule is Nc1ccccc1CCCNc1ncc(-c2ccc(F)c(Cl)c2)c(-c2ccncc2)n1. The van der Waals surface area contributed by atoms with Crippen LogP contribution in [0.1, 0.15) is 12.0 Å². The summed E-state index contributed by atoms with van der Waals surface area (Å²) in [5, 5.41) is 3.34. The van der Waals surface area contributed by atoms with E-state index in [4.69, 9.17) is 22.3 Å². The fraction of sp³-hybridized carbons (Fsp3) is 0.125. The number of benzene rings is 2. The molecule has 2 heterocycles. The molecule has 0 bridgehead atoms. The molecule has 0 saturated heterocycles. The van der Waals surface area contributed by atoms with Crippen molar-refractivity contribution in [2.75, 3.05) is 17.6 Å². The summed E-state index contributed by atoms with van der Waals surface area (Å²) in [6.45, 7) is 0.700. The lowest BCUT2D eigenvalue weighted by atomic mass is 10.0. The van der Waals surface area contributed by atoms with Crippen LogP contribution in [0.3, 0.4) is 0 Å². The first-order valence-corrected chi connectivity index (χ1v) is 10.3. The van der Waals surface area contributed by atoms with Crippen LogP contribution in [0.25, 0.3) is 22.4 Å². The molecule has 31 heavy (non-hydrogen) atoms. The summed E-state index contributed by atoms with van der Waals surface area (Å²) in [4.78, 5) is 13.3. The Hall–Kier alpha value is -3.51. The zero-order valence-corrected chi connectivity index (χ0v) is 17.5. The van der Waals surface area contributed by atoms with E-state index in [1.165, 1.54) is 6.07 Å². The Kier molecular flexibility index (Phi) is 6.38. The lowest BCUT2D eigenvalue weighted by Gasteiger charge is -2.12. The van der Waals surface area contributed by atoms with Crippen LogP contribution in [-0.4, -0.2) is 21.5 Å². The van der Waals surface area contributed by atoms with E-state index >= 15 is 0 Å². The second-order valence-electron chi connectivity index (χ2n) is 7.05. The number of aromatic nitrogens is 3. The lowest BCUT2D eigenvalue weighted by molar-refractivity contribution is 0.628. The van der Waals surface area contributed by atoms with E-state index in [9.17, 15) is 4.39 Å². The third-order valence-electron chi connectivity index (χ3n) is 4.93. The highest BCUT2D eigenvalue weighted by Gasteiger charge is 2.13. The molecule has 2 aromatic carbocycles. The number of nitrogens with two attached hydrogens (primary N) is 1. The summed E-state index contributed by atoms with van der Waals surface area (Å²) in [5.41, 5.74) is 11.0. The lowest BCUT2D eigenvalue weighted by Crippen LogP contribution is -2.08. The highest BCUT2D eigenvalue weighted by Crippen LogP contribution is 2.32. The molecule has 156 valence electrons. The Bertz CT molecular complexity index is 1180. The molecular weight excluding hydrogens is 413 g/mol. The first-order valence-electron chi connectivity index (χ1n) is 9.92. The van der Waals surface area contributed by atoms with E-state index in [1.807, 2.05) is 36.4 Å². The maximum atomic E-state index is 13.6. The minimum atomic E-state index is -0.464. The van der Waals surface area contributed by atoms with Gasteiger partial charge in [-0.1, -0.05) is 35.9 Å². The number of nitrogens with zero attached hydrogens (tertiary/aromatic N) is 3. The maximum absolute atomic E-state index is 13.6. The number of rotatable bonds is 7. The Labute approximate surface area is 185 Å². The normalized spacial score (nSPS) is 10.8. The quantitative estimate of drug-likeness (QED) is 0.292. The predicted molar refractivity (Wildman–Crippen MR) is 123 cm³/mol. The molecule has 0 aliphatic rings. The van der Waals surface area contributed by atoms with Crippen LogP contribution >= 0.6 is 11.6 Å². The topological polar surface area (TPSA) is 76.7 Å². The number of hydrogen-bond donors (Lipinski definition) is 2. The standard InChI is InChI=1S/C24H21ClFN5/c25-20-14-18(7-8-21(20)26)19-15-30-24(31-23(19)17-9-12-28-13-10-17)29-11-3-5-16-4-1-2-6-22(16)27/h1-2,4,6-10,12-15H,3,5,11,27H2,(H,29,30,31). The van der Waals surface area contributed by atoms with E-state index < -0.39 is 5.82 Å². The van der Waals surface area contributed by atoms with Crippen LogP contribution in [0.5, 0.6) is 0 Å². The van der Waals surface area contributed by atoms with Gasteiger partial charge in [0.05, 0.1) is 10.7 Å². The minimum absolute atomic E-state index is 0.0561. The van der Waals surface area contributed by atoms with E-state index in [-0.39, 0.29) is 5.02 Å². The zero-order valence-electron chi connectivity index (χ0n) is 16.7. The third kappa shape index (κ3) is 4.98. The van der Waals surface area contributed by atoms with Gasteiger partial charge in [-0.2, -0.15) is 0 Å². The van der Waals surface area contributed by atoms with Crippen molar-refractivity contribution in [3.05, 3.63) is 89.6 Å². The van der Waals surface area contributed by atoms with Crippen LogP contribution in [0, 0.1) is 5.82 Å². The summed E-state index contributed by atoms with van der Waals surface area (Å²) in [6.07, 6.45) is 6.89.